The second-order valence-corrected chi connectivity index (χ2v) is 10.1. The van der Waals surface area contributed by atoms with E-state index in [1.807, 2.05) is 6.92 Å². The van der Waals surface area contributed by atoms with E-state index in [1.54, 1.807) is 0 Å². The first-order chi connectivity index (χ1) is 14.7. The third-order valence-electron chi connectivity index (χ3n) is 7.25. The van der Waals surface area contributed by atoms with Gasteiger partial charge in [0, 0.05) is 18.8 Å². The van der Waals surface area contributed by atoms with E-state index in [9.17, 15) is 9.59 Å². The highest BCUT2D eigenvalue weighted by atomic mass is 31.0. The van der Waals surface area contributed by atoms with Crippen molar-refractivity contribution in [2.45, 2.75) is 88.6 Å². The normalized spacial score (nSPS) is 39.6. The number of fused-ring (bicyclic) bond motifs is 3. The Balaban J connectivity index is 1.32. The van der Waals surface area contributed by atoms with Crippen molar-refractivity contribution in [2.75, 3.05) is 0 Å². The molecule has 4 rings (SSSR count). The number of ether oxygens (including phenoxy) is 4. The Labute approximate surface area is 186 Å². The quantitative estimate of drug-likeness (QED) is 0.275. The van der Waals surface area contributed by atoms with Crippen molar-refractivity contribution in [1.82, 2.24) is 0 Å². The number of hydrogen-bond donors (Lipinski definition) is 1. The van der Waals surface area contributed by atoms with Gasteiger partial charge in [-0.3, -0.25) is 15.3 Å². The number of rotatable bonds is 7. The molecule has 0 aromatic rings. The molecule has 2 saturated carbocycles. The molecule has 7 unspecified atom stereocenters. The molecule has 2 aliphatic heterocycles. The summed E-state index contributed by atoms with van der Waals surface area (Å²) in [6, 6.07) is 0. The summed E-state index contributed by atoms with van der Waals surface area (Å²) in [6.45, 7) is 9.92. The Bertz CT molecular complexity index is 761. The average molecular weight is 452 g/mol. The zero-order valence-corrected chi connectivity index (χ0v) is 19.4. The van der Waals surface area contributed by atoms with Gasteiger partial charge in [-0.2, -0.15) is 0 Å². The third-order valence-corrected chi connectivity index (χ3v) is 7.66. The van der Waals surface area contributed by atoms with Crippen molar-refractivity contribution < 1.29 is 28.5 Å². The molecule has 0 aromatic heterocycles. The molecule has 7 atom stereocenters. The average Bonchev–Trinajstić information content (AvgIpc) is 3.31. The molecule has 0 bridgehead atoms. The molecule has 4 fully saturated rings. The summed E-state index contributed by atoms with van der Waals surface area (Å²) in [5.74, 6) is -1.41. The van der Waals surface area contributed by atoms with E-state index >= 15 is 0 Å². The zero-order valence-electron chi connectivity index (χ0n) is 18.2. The topological polar surface area (TPSA) is 97.1 Å². The van der Waals surface area contributed by atoms with Crippen LogP contribution in [-0.2, 0) is 28.5 Å². The maximum absolute atomic E-state index is 12.5. The predicted octanol–water partition coefficient (Wildman–Crippen LogP) is 3.18. The molecule has 2 saturated heterocycles. The van der Waals surface area contributed by atoms with Crippen molar-refractivity contribution in [3.63, 3.8) is 0 Å². The zero-order chi connectivity index (χ0) is 22.3. The molecule has 8 heteroatoms. The van der Waals surface area contributed by atoms with Gasteiger partial charge in [-0.15, -0.1) is 9.24 Å². The Morgan fingerprint density at radius 3 is 2.65 bits per heavy atom. The van der Waals surface area contributed by atoms with Crippen LogP contribution in [0.4, 0.5) is 0 Å². The molecule has 7 nitrogen and oxygen atoms in total. The molecule has 2 N–H and O–H groups in total. The van der Waals surface area contributed by atoms with Gasteiger partial charge in [0.2, 0.25) is 0 Å². The first-order valence-corrected chi connectivity index (χ1v) is 12.0. The van der Waals surface area contributed by atoms with Crippen LogP contribution in [0, 0.1) is 17.8 Å². The van der Waals surface area contributed by atoms with Gasteiger partial charge in [-0.05, 0) is 43.0 Å². The van der Waals surface area contributed by atoms with E-state index in [0.29, 0.717) is 38.5 Å². The van der Waals surface area contributed by atoms with E-state index in [0.717, 1.165) is 23.7 Å². The maximum atomic E-state index is 12.5. The summed E-state index contributed by atoms with van der Waals surface area (Å²) >= 11 is 0. The molecule has 0 radical (unpaired) electrons. The van der Waals surface area contributed by atoms with E-state index in [1.165, 1.54) is 0 Å². The fourth-order valence-electron chi connectivity index (χ4n) is 5.49. The third kappa shape index (κ3) is 4.47. The number of hydrogen-bond acceptors (Lipinski definition) is 7. The van der Waals surface area contributed by atoms with E-state index < -0.39 is 12.0 Å². The first-order valence-electron chi connectivity index (χ1n) is 11.4. The maximum Gasteiger partial charge on any atom is 0.310 e. The summed E-state index contributed by atoms with van der Waals surface area (Å²) < 4.78 is 23.9. The minimum Gasteiger partial charge on any atom is -0.459 e. The number of esters is 2. The Hall–Kier alpha value is -1.27. The summed E-state index contributed by atoms with van der Waals surface area (Å²) in [6.07, 6.45) is 4.23. The van der Waals surface area contributed by atoms with Crippen LogP contribution in [0.3, 0.4) is 0 Å². The number of allylic oxidation sites excluding steroid dienone is 2. The molecule has 31 heavy (non-hydrogen) atoms. The van der Waals surface area contributed by atoms with E-state index in [-0.39, 0.29) is 48.0 Å². The van der Waals surface area contributed by atoms with Crippen molar-refractivity contribution in [3.8, 4) is 0 Å². The lowest BCUT2D eigenvalue weighted by molar-refractivity contribution is -0.215. The first kappa shape index (κ1) is 22.9. The highest BCUT2D eigenvalue weighted by Crippen LogP contribution is 2.53. The van der Waals surface area contributed by atoms with Gasteiger partial charge in [0.1, 0.15) is 12.2 Å². The van der Waals surface area contributed by atoms with E-state index in [4.69, 9.17) is 24.7 Å². The molecule has 2 aliphatic carbocycles. The van der Waals surface area contributed by atoms with Crippen LogP contribution in [0.5, 0.6) is 0 Å². The second-order valence-electron chi connectivity index (χ2n) is 9.43. The van der Waals surface area contributed by atoms with E-state index in [2.05, 4.69) is 22.4 Å². The lowest BCUT2D eigenvalue weighted by Gasteiger charge is -2.36. The van der Waals surface area contributed by atoms with Crippen LogP contribution in [0.25, 0.3) is 0 Å². The standard InChI is InChI=1S/C23H34NO6P/c1-4-5-18(24)27-21(25)14-6-8-23(9-7-14)29-17-11-15-16(10-12(2)13(3)31)22(26)28-19(15)20(17)30-23/h14-20H,2-11,24,31H2,1H3. The van der Waals surface area contributed by atoms with Gasteiger partial charge in [-0.25, -0.2) is 0 Å². The lowest BCUT2D eigenvalue weighted by Crippen LogP contribution is -2.41. The second kappa shape index (κ2) is 8.93. The minimum absolute atomic E-state index is 0.0762. The van der Waals surface area contributed by atoms with Gasteiger partial charge in [0.05, 0.1) is 17.9 Å². The smallest absolute Gasteiger partial charge is 0.310 e. The molecule has 172 valence electrons. The Morgan fingerprint density at radius 1 is 1.29 bits per heavy atom. The SMILES string of the molecule is C=C(P)C(=C)CC1C(=O)OC2C1CC1OC3(CCC(C(=O)OC(N)CCC)CC3)OC12. The van der Waals surface area contributed by atoms with Crippen molar-refractivity contribution >= 4 is 21.2 Å². The van der Waals surface area contributed by atoms with Gasteiger partial charge >= 0.3 is 11.9 Å². The molecule has 4 aliphatic rings. The lowest BCUT2D eigenvalue weighted by atomic mass is 9.84. The van der Waals surface area contributed by atoms with Crippen LogP contribution in [-0.4, -0.2) is 42.3 Å². The van der Waals surface area contributed by atoms with Crippen molar-refractivity contribution in [2.24, 2.45) is 23.5 Å². The Morgan fingerprint density at radius 2 is 2.00 bits per heavy atom. The van der Waals surface area contributed by atoms with Crippen LogP contribution in [0.2, 0.25) is 0 Å². The number of carbonyl (C=O) groups is 2. The molecular weight excluding hydrogens is 417 g/mol. The predicted molar refractivity (Wildman–Crippen MR) is 117 cm³/mol. The van der Waals surface area contributed by atoms with Crippen molar-refractivity contribution in [3.05, 3.63) is 24.0 Å². The molecule has 0 aromatic carbocycles. The monoisotopic (exact) mass is 451 g/mol. The highest BCUT2D eigenvalue weighted by molar-refractivity contribution is 7.23. The van der Waals surface area contributed by atoms with Crippen LogP contribution in [0.15, 0.2) is 24.0 Å². The fraction of sp³-hybridized carbons (Fsp3) is 0.739. The highest BCUT2D eigenvalue weighted by Gasteiger charge is 2.63. The van der Waals surface area contributed by atoms with Crippen LogP contribution < -0.4 is 5.73 Å². The molecule has 0 amide bonds. The van der Waals surface area contributed by atoms with Gasteiger partial charge in [-0.1, -0.05) is 26.5 Å². The van der Waals surface area contributed by atoms with Crippen molar-refractivity contribution in [1.29, 1.82) is 0 Å². The Kier molecular flexibility index (Phi) is 6.60. The molecule has 2 heterocycles. The number of nitrogens with two attached hydrogens (primary N) is 1. The van der Waals surface area contributed by atoms with Crippen LogP contribution >= 0.6 is 9.24 Å². The van der Waals surface area contributed by atoms with Gasteiger partial charge in [0.25, 0.3) is 0 Å². The minimum atomic E-state index is -0.689. The summed E-state index contributed by atoms with van der Waals surface area (Å²) in [5, 5.41) is 0.812. The summed E-state index contributed by atoms with van der Waals surface area (Å²) in [7, 11) is 2.54. The van der Waals surface area contributed by atoms with Crippen LogP contribution in [0.1, 0.15) is 58.3 Å². The van der Waals surface area contributed by atoms with Gasteiger partial charge < -0.3 is 18.9 Å². The largest absolute Gasteiger partial charge is 0.459 e. The fourth-order valence-corrected chi connectivity index (χ4v) is 5.61. The summed E-state index contributed by atoms with van der Waals surface area (Å²) in [5.41, 5.74) is 6.70. The van der Waals surface area contributed by atoms with Gasteiger partial charge in [0.15, 0.2) is 12.0 Å². The molecular formula is C23H34NO6P. The summed E-state index contributed by atoms with van der Waals surface area (Å²) in [4.78, 5) is 24.9. The number of carbonyl (C=O) groups excluding carboxylic acids is 2. The molecule has 1 spiro atoms.